The van der Waals surface area contributed by atoms with Crippen molar-refractivity contribution < 1.29 is 8.95 Å². The van der Waals surface area contributed by atoms with Crippen LogP contribution >= 0.6 is 0 Å². The molecule has 22 heavy (non-hydrogen) atoms. The second-order valence-corrected chi connectivity index (χ2v) is 6.00. The Labute approximate surface area is 132 Å². The molecular formula is C16H19N3O2S. The average molecular weight is 317 g/mol. The van der Waals surface area contributed by atoms with Gasteiger partial charge in [-0.2, -0.15) is 0 Å². The van der Waals surface area contributed by atoms with Gasteiger partial charge in [-0.1, -0.05) is 24.3 Å². The summed E-state index contributed by atoms with van der Waals surface area (Å²) in [5.41, 5.74) is 7.66. The van der Waals surface area contributed by atoms with Crippen LogP contribution in [-0.2, 0) is 17.3 Å². The lowest BCUT2D eigenvalue weighted by atomic mass is 10.2. The average Bonchev–Trinajstić information content (AvgIpc) is 2.54. The van der Waals surface area contributed by atoms with Crippen LogP contribution in [0.1, 0.15) is 5.56 Å². The van der Waals surface area contributed by atoms with Gasteiger partial charge in [-0.3, -0.25) is 4.21 Å². The molecule has 0 spiro atoms. The molecule has 1 atom stereocenters. The van der Waals surface area contributed by atoms with Gasteiger partial charge in [0.25, 0.3) is 0 Å². The Morgan fingerprint density at radius 1 is 1.23 bits per heavy atom. The molecule has 0 amide bonds. The van der Waals surface area contributed by atoms with Crippen molar-refractivity contribution in [3.8, 4) is 5.75 Å². The van der Waals surface area contributed by atoms with Crippen LogP contribution in [0.3, 0.4) is 0 Å². The first-order valence-electron chi connectivity index (χ1n) is 6.72. The number of hydrogen-bond donors (Lipinski definition) is 2. The number of methoxy groups -OCH3 is 1. The molecule has 2 rings (SSSR count). The fourth-order valence-electron chi connectivity index (χ4n) is 1.89. The molecule has 0 bridgehead atoms. The Balaban J connectivity index is 2.02. The van der Waals surface area contributed by atoms with Gasteiger partial charge in [-0.25, -0.2) is 4.99 Å². The summed E-state index contributed by atoms with van der Waals surface area (Å²) in [5.74, 6) is 1.02. The lowest BCUT2D eigenvalue weighted by Gasteiger charge is -2.10. The lowest BCUT2D eigenvalue weighted by molar-refractivity contribution is 0.417. The van der Waals surface area contributed by atoms with Crippen molar-refractivity contribution in [2.75, 3.05) is 18.7 Å². The second kappa shape index (κ2) is 7.61. The summed E-state index contributed by atoms with van der Waals surface area (Å²) in [7, 11) is 0.637. The molecule has 1 unspecified atom stereocenters. The summed E-state index contributed by atoms with van der Waals surface area (Å²) in [6.07, 6.45) is 1.66. The first kappa shape index (κ1) is 16.0. The molecule has 5 nitrogen and oxygen atoms in total. The maximum Gasteiger partial charge on any atom is 0.193 e. The van der Waals surface area contributed by atoms with Crippen LogP contribution < -0.4 is 15.8 Å². The third kappa shape index (κ3) is 4.33. The smallest absolute Gasteiger partial charge is 0.193 e. The first-order valence-corrected chi connectivity index (χ1v) is 8.28. The van der Waals surface area contributed by atoms with Crippen LogP contribution in [-0.4, -0.2) is 23.5 Å². The van der Waals surface area contributed by atoms with E-state index in [2.05, 4.69) is 10.3 Å². The molecule has 0 fully saturated rings. The minimum Gasteiger partial charge on any atom is -0.495 e. The largest absolute Gasteiger partial charge is 0.495 e. The molecule has 6 heteroatoms. The van der Waals surface area contributed by atoms with Gasteiger partial charge in [0.1, 0.15) is 5.75 Å². The Bertz CT molecular complexity index is 684. The minimum absolute atomic E-state index is 0.313. The summed E-state index contributed by atoms with van der Waals surface area (Å²) >= 11 is 0. The number of benzene rings is 2. The number of rotatable bonds is 5. The van der Waals surface area contributed by atoms with Gasteiger partial charge < -0.3 is 15.8 Å². The molecule has 0 aliphatic carbocycles. The van der Waals surface area contributed by atoms with E-state index in [9.17, 15) is 4.21 Å². The number of anilines is 1. The zero-order chi connectivity index (χ0) is 15.9. The van der Waals surface area contributed by atoms with Crippen LogP contribution in [0.4, 0.5) is 5.69 Å². The highest BCUT2D eigenvalue weighted by Gasteiger charge is 2.02. The van der Waals surface area contributed by atoms with Crippen LogP contribution in [0.5, 0.6) is 5.75 Å². The molecule has 0 saturated carbocycles. The Kier molecular flexibility index (Phi) is 5.55. The van der Waals surface area contributed by atoms with Gasteiger partial charge in [0.2, 0.25) is 0 Å². The standard InChI is InChI=1S/C16H19N3O2S/c1-21-15-6-4-3-5-14(15)19-16(17)18-11-12-7-9-13(10-8-12)22(2)20/h3-10H,11H2,1-2H3,(H3,17,18,19). The van der Waals surface area contributed by atoms with Crippen molar-refractivity contribution in [3.05, 3.63) is 54.1 Å². The summed E-state index contributed by atoms with van der Waals surface area (Å²) in [6, 6.07) is 15.0. The molecule has 3 N–H and O–H groups in total. The maximum atomic E-state index is 11.3. The number of ether oxygens (including phenoxy) is 1. The zero-order valence-corrected chi connectivity index (χ0v) is 13.4. The van der Waals surface area contributed by atoms with Crippen LogP contribution in [0.25, 0.3) is 0 Å². The maximum absolute atomic E-state index is 11.3. The van der Waals surface area contributed by atoms with E-state index in [1.54, 1.807) is 13.4 Å². The Hall–Kier alpha value is -2.34. The molecule has 0 heterocycles. The van der Waals surface area contributed by atoms with E-state index in [1.165, 1.54) is 0 Å². The number of aliphatic imine (C=N–C) groups is 1. The monoisotopic (exact) mass is 317 g/mol. The van der Waals surface area contributed by atoms with E-state index in [-0.39, 0.29) is 0 Å². The highest BCUT2D eigenvalue weighted by molar-refractivity contribution is 7.84. The van der Waals surface area contributed by atoms with E-state index in [0.717, 1.165) is 16.1 Å². The van der Waals surface area contributed by atoms with Gasteiger partial charge in [0.15, 0.2) is 5.96 Å². The first-order chi connectivity index (χ1) is 10.6. The topological polar surface area (TPSA) is 76.7 Å². The molecule has 0 radical (unpaired) electrons. The van der Waals surface area contributed by atoms with Crippen molar-refractivity contribution in [3.63, 3.8) is 0 Å². The summed E-state index contributed by atoms with van der Waals surface area (Å²) in [5, 5.41) is 3.02. The van der Waals surface area contributed by atoms with Gasteiger partial charge in [-0.05, 0) is 29.8 Å². The zero-order valence-electron chi connectivity index (χ0n) is 12.6. The van der Waals surface area contributed by atoms with Crippen molar-refractivity contribution in [1.82, 2.24) is 0 Å². The predicted molar refractivity (Wildman–Crippen MR) is 90.7 cm³/mol. The molecule has 0 aromatic heterocycles. The molecule has 2 aromatic carbocycles. The molecule has 0 aliphatic heterocycles. The highest BCUT2D eigenvalue weighted by Crippen LogP contribution is 2.22. The summed E-state index contributed by atoms with van der Waals surface area (Å²) in [6.45, 7) is 0.449. The van der Waals surface area contributed by atoms with Gasteiger partial charge in [-0.15, -0.1) is 0 Å². The second-order valence-electron chi connectivity index (χ2n) is 4.62. The van der Waals surface area contributed by atoms with Gasteiger partial charge in [0.05, 0.1) is 19.3 Å². The molecule has 0 aliphatic rings. The number of guanidine groups is 1. The summed E-state index contributed by atoms with van der Waals surface area (Å²) < 4.78 is 16.6. The predicted octanol–water partition coefficient (Wildman–Crippen LogP) is 2.36. The molecular weight excluding hydrogens is 298 g/mol. The lowest BCUT2D eigenvalue weighted by Crippen LogP contribution is -2.22. The van der Waals surface area contributed by atoms with Gasteiger partial charge in [0, 0.05) is 22.0 Å². The number of para-hydroxylation sites is 2. The van der Waals surface area contributed by atoms with Crippen molar-refractivity contribution in [2.45, 2.75) is 11.4 Å². The molecule has 0 saturated heterocycles. The molecule has 116 valence electrons. The van der Waals surface area contributed by atoms with E-state index < -0.39 is 10.8 Å². The van der Waals surface area contributed by atoms with Crippen LogP contribution in [0, 0.1) is 0 Å². The molecule has 2 aromatic rings. The summed E-state index contributed by atoms with van der Waals surface area (Å²) in [4.78, 5) is 5.09. The number of hydrogen-bond acceptors (Lipinski definition) is 3. The van der Waals surface area contributed by atoms with Gasteiger partial charge >= 0.3 is 0 Å². The van der Waals surface area contributed by atoms with Crippen LogP contribution in [0.15, 0.2) is 58.4 Å². The number of nitrogens with two attached hydrogens (primary N) is 1. The number of nitrogens with one attached hydrogen (secondary N) is 1. The van der Waals surface area contributed by atoms with E-state index in [1.807, 2.05) is 48.5 Å². The van der Waals surface area contributed by atoms with Crippen molar-refractivity contribution in [2.24, 2.45) is 10.7 Å². The van der Waals surface area contributed by atoms with Crippen LogP contribution in [0.2, 0.25) is 0 Å². The third-order valence-electron chi connectivity index (χ3n) is 3.06. The Morgan fingerprint density at radius 2 is 1.91 bits per heavy atom. The van der Waals surface area contributed by atoms with Crippen molar-refractivity contribution in [1.29, 1.82) is 0 Å². The van der Waals surface area contributed by atoms with E-state index in [0.29, 0.717) is 18.3 Å². The fourth-order valence-corrected chi connectivity index (χ4v) is 2.41. The third-order valence-corrected chi connectivity index (χ3v) is 3.99. The minimum atomic E-state index is -0.967. The number of nitrogens with zero attached hydrogens (tertiary/aromatic N) is 1. The van der Waals surface area contributed by atoms with E-state index in [4.69, 9.17) is 10.5 Å². The fraction of sp³-hybridized carbons (Fsp3) is 0.188. The SMILES string of the molecule is COc1ccccc1NC(N)=NCc1ccc(S(C)=O)cc1. The quantitative estimate of drug-likeness (QED) is 0.655. The normalized spacial score (nSPS) is 12.7. The Morgan fingerprint density at radius 3 is 2.55 bits per heavy atom. The van der Waals surface area contributed by atoms with Crippen molar-refractivity contribution >= 4 is 22.4 Å². The van der Waals surface area contributed by atoms with E-state index >= 15 is 0 Å². The highest BCUT2D eigenvalue weighted by atomic mass is 32.2.